The number of piperidine rings is 1. The average Bonchev–Trinajstić information content (AvgIpc) is 3.11. The van der Waals surface area contributed by atoms with Gasteiger partial charge in [-0.1, -0.05) is 44.7 Å². The van der Waals surface area contributed by atoms with E-state index < -0.39 is 0 Å². The van der Waals surface area contributed by atoms with E-state index in [4.69, 9.17) is 10.6 Å². The molecular formula is C22H33N5O2S. The number of nitrogens with two attached hydrogens (primary N) is 1. The molecule has 1 fully saturated rings. The standard InChI is InChI=1S/C22H33N5O2S/c1-5-18-8-6-7-13-26(18)21(28)16(4)30-22-25-24-20(27(22)23)14-29-19-11-9-17(10-12-19)15(2)3/h9-12,15-16,18H,5-8,13-14,23H2,1-4H3. The van der Waals surface area contributed by atoms with Crippen molar-refractivity contribution in [3.8, 4) is 5.75 Å². The Bertz CT molecular complexity index is 837. The number of rotatable bonds is 8. The highest BCUT2D eigenvalue weighted by Gasteiger charge is 2.30. The molecule has 1 aromatic carbocycles. The minimum Gasteiger partial charge on any atom is -0.486 e. The molecule has 0 bridgehead atoms. The van der Waals surface area contributed by atoms with Gasteiger partial charge in [0.1, 0.15) is 12.4 Å². The Hall–Kier alpha value is -2.22. The quantitative estimate of drug-likeness (QED) is 0.503. The predicted octanol–water partition coefficient (Wildman–Crippen LogP) is 3.97. The topological polar surface area (TPSA) is 86.3 Å². The number of hydrogen-bond donors (Lipinski definition) is 1. The molecule has 1 aromatic heterocycles. The van der Waals surface area contributed by atoms with Crippen LogP contribution in [0.4, 0.5) is 0 Å². The lowest BCUT2D eigenvalue weighted by atomic mass is 10.00. The Labute approximate surface area is 183 Å². The number of benzene rings is 1. The summed E-state index contributed by atoms with van der Waals surface area (Å²) in [6, 6.07) is 8.37. The zero-order valence-corrected chi connectivity index (χ0v) is 19.2. The Morgan fingerprint density at radius 2 is 1.97 bits per heavy atom. The van der Waals surface area contributed by atoms with E-state index in [0.717, 1.165) is 31.6 Å². The van der Waals surface area contributed by atoms with Gasteiger partial charge in [0, 0.05) is 12.6 Å². The SMILES string of the molecule is CCC1CCCCN1C(=O)C(C)Sc1nnc(COc2ccc(C(C)C)cc2)n1N. The van der Waals surface area contributed by atoms with Gasteiger partial charge in [-0.25, -0.2) is 4.68 Å². The van der Waals surface area contributed by atoms with Crippen LogP contribution in [0.5, 0.6) is 5.75 Å². The van der Waals surface area contributed by atoms with Crippen LogP contribution in [0.15, 0.2) is 29.4 Å². The lowest BCUT2D eigenvalue weighted by Crippen LogP contribution is -2.46. The molecule has 0 saturated carbocycles. The molecule has 1 aliphatic rings. The summed E-state index contributed by atoms with van der Waals surface area (Å²) in [6.07, 6.45) is 4.36. The molecule has 1 amide bonds. The number of amides is 1. The predicted molar refractivity (Wildman–Crippen MR) is 120 cm³/mol. The average molecular weight is 432 g/mol. The van der Waals surface area contributed by atoms with Crippen LogP contribution in [-0.2, 0) is 11.4 Å². The van der Waals surface area contributed by atoms with Gasteiger partial charge in [0.15, 0.2) is 5.82 Å². The van der Waals surface area contributed by atoms with Crippen molar-refractivity contribution in [2.75, 3.05) is 12.4 Å². The minimum atomic E-state index is -0.263. The van der Waals surface area contributed by atoms with Crippen LogP contribution >= 0.6 is 11.8 Å². The molecular weight excluding hydrogens is 398 g/mol. The summed E-state index contributed by atoms with van der Waals surface area (Å²) in [7, 11) is 0. The summed E-state index contributed by atoms with van der Waals surface area (Å²) >= 11 is 1.35. The van der Waals surface area contributed by atoms with E-state index in [1.807, 2.05) is 24.0 Å². The highest BCUT2D eigenvalue weighted by atomic mass is 32.2. The second-order valence-electron chi connectivity index (χ2n) is 8.13. The summed E-state index contributed by atoms with van der Waals surface area (Å²) in [5.41, 5.74) is 1.26. The molecule has 2 atom stereocenters. The fourth-order valence-corrected chi connectivity index (χ4v) is 4.60. The highest BCUT2D eigenvalue weighted by molar-refractivity contribution is 8.00. The first kappa shape index (κ1) is 22.5. The molecule has 1 saturated heterocycles. The van der Waals surface area contributed by atoms with E-state index in [1.165, 1.54) is 28.4 Å². The van der Waals surface area contributed by atoms with Crippen LogP contribution in [0, 0.1) is 0 Å². The van der Waals surface area contributed by atoms with Crippen LogP contribution in [0.1, 0.15) is 70.7 Å². The fraction of sp³-hybridized carbons (Fsp3) is 0.591. The van der Waals surface area contributed by atoms with Gasteiger partial charge in [-0.2, -0.15) is 0 Å². The van der Waals surface area contributed by atoms with Crippen LogP contribution in [0.25, 0.3) is 0 Å². The second kappa shape index (κ2) is 10.2. The third kappa shape index (κ3) is 5.28. The van der Waals surface area contributed by atoms with Gasteiger partial charge in [-0.05, 0) is 56.2 Å². The van der Waals surface area contributed by atoms with Crippen LogP contribution in [0.3, 0.4) is 0 Å². The molecule has 2 N–H and O–H groups in total. The summed E-state index contributed by atoms with van der Waals surface area (Å²) in [4.78, 5) is 15.0. The van der Waals surface area contributed by atoms with E-state index in [2.05, 4.69) is 43.1 Å². The van der Waals surface area contributed by atoms with Gasteiger partial charge < -0.3 is 15.5 Å². The molecule has 3 rings (SSSR count). The molecule has 164 valence electrons. The van der Waals surface area contributed by atoms with Crippen molar-refractivity contribution in [1.29, 1.82) is 0 Å². The summed E-state index contributed by atoms with van der Waals surface area (Å²) in [6.45, 7) is 9.43. The lowest BCUT2D eigenvalue weighted by Gasteiger charge is -2.36. The maximum absolute atomic E-state index is 13.0. The van der Waals surface area contributed by atoms with E-state index in [0.29, 0.717) is 22.9 Å². The Kier molecular flexibility index (Phi) is 7.64. The van der Waals surface area contributed by atoms with Crippen LogP contribution in [0.2, 0.25) is 0 Å². The van der Waals surface area contributed by atoms with Gasteiger partial charge in [0.2, 0.25) is 11.1 Å². The second-order valence-corrected chi connectivity index (χ2v) is 9.44. The third-order valence-electron chi connectivity index (χ3n) is 5.66. The van der Waals surface area contributed by atoms with Crippen LogP contribution < -0.4 is 10.6 Å². The maximum Gasteiger partial charge on any atom is 0.236 e. The maximum atomic E-state index is 13.0. The van der Waals surface area contributed by atoms with E-state index in [9.17, 15) is 4.79 Å². The monoisotopic (exact) mass is 431 g/mol. The lowest BCUT2D eigenvalue weighted by molar-refractivity contribution is -0.134. The van der Waals surface area contributed by atoms with Gasteiger partial charge in [-0.3, -0.25) is 4.79 Å². The zero-order valence-electron chi connectivity index (χ0n) is 18.4. The third-order valence-corrected chi connectivity index (χ3v) is 6.71. The van der Waals surface area contributed by atoms with Crippen LogP contribution in [-0.4, -0.2) is 43.5 Å². The van der Waals surface area contributed by atoms with Gasteiger partial charge in [-0.15, -0.1) is 10.2 Å². The summed E-state index contributed by atoms with van der Waals surface area (Å²) < 4.78 is 7.23. The van der Waals surface area contributed by atoms with Crippen molar-refractivity contribution < 1.29 is 9.53 Å². The number of likely N-dealkylation sites (tertiary alicyclic amines) is 1. The molecule has 7 nitrogen and oxygen atoms in total. The van der Waals surface area contributed by atoms with Gasteiger partial charge in [0.05, 0.1) is 5.25 Å². The number of nitrogen functional groups attached to an aromatic ring is 1. The van der Waals surface area contributed by atoms with E-state index >= 15 is 0 Å². The number of hydrogen-bond acceptors (Lipinski definition) is 6. The van der Waals surface area contributed by atoms with Crippen molar-refractivity contribution in [1.82, 2.24) is 19.8 Å². The smallest absolute Gasteiger partial charge is 0.236 e. The number of carbonyl (C=O) groups excluding carboxylic acids is 1. The number of nitrogens with zero attached hydrogens (tertiary/aromatic N) is 4. The molecule has 0 aliphatic carbocycles. The molecule has 8 heteroatoms. The largest absolute Gasteiger partial charge is 0.486 e. The molecule has 2 aromatic rings. The van der Waals surface area contributed by atoms with Crippen molar-refractivity contribution in [2.24, 2.45) is 0 Å². The van der Waals surface area contributed by atoms with Crippen molar-refractivity contribution in [3.63, 3.8) is 0 Å². The highest BCUT2D eigenvalue weighted by Crippen LogP contribution is 2.27. The normalized spacial score (nSPS) is 17.9. The van der Waals surface area contributed by atoms with E-state index in [-0.39, 0.29) is 17.8 Å². The Morgan fingerprint density at radius 1 is 1.23 bits per heavy atom. The summed E-state index contributed by atoms with van der Waals surface area (Å²) in [5, 5.41) is 8.58. The minimum absolute atomic E-state index is 0.151. The fourth-order valence-electron chi connectivity index (χ4n) is 3.74. The first-order chi connectivity index (χ1) is 14.4. The van der Waals surface area contributed by atoms with Gasteiger partial charge in [0.25, 0.3) is 0 Å². The number of carbonyl (C=O) groups is 1. The van der Waals surface area contributed by atoms with Crippen molar-refractivity contribution >= 4 is 17.7 Å². The summed E-state index contributed by atoms with van der Waals surface area (Å²) in [5.74, 6) is 8.09. The molecule has 0 spiro atoms. The number of thioether (sulfide) groups is 1. The number of aromatic nitrogens is 3. The van der Waals surface area contributed by atoms with Gasteiger partial charge >= 0.3 is 0 Å². The molecule has 2 unspecified atom stereocenters. The Balaban J connectivity index is 1.58. The first-order valence-corrected chi connectivity index (χ1v) is 11.7. The number of ether oxygens (including phenoxy) is 1. The van der Waals surface area contributed by atoms with Crippen molar-refractivity contribution in [3.05, 3.63) is 35.7 Å². The van der Waals surface area contributed by atoms with E-state index in [1.54, 1.807) is 0 Å². The Morgan fingerprint density at radius 3 is 2.63 bits per heavy atom. The zero-order chi connectivity index (χ0) is 21.7. The molecule has 30 heavy (non-hydrogen) atoms. The molecule has 1 aliphatic heterocycles. The van der Waals surface area contributed by atoms with Crippen molar-refractivity contribution in [2.45, 2.75) is 82.4 Å². The first-order valence-electron chi connectivity index (χ1n) is 10.8. The molecule has 0 radical (unpaired) electrons. The molecule has 2 heterocycles.